The second kappa shape index (κ2) is 10.2. The van der Waals surface area contributed by atoms with Crippen LogP contribution in [0.25, 0.3) is 10.1 Å². The predicted octanol–water partition coefficient (Wildman–Crippen LogP) is 5.90. The van der Waals surface area contributed by atoms with Crippen LogP contribution in [0.15, 0.2) is 42.5 Å². The molecule has 1 unspecified atom stereocenters. The monoisotopic (exact) mass is 414 g/mol. The molecule has 0 bridgehead atoms. The second-order valence-corrected chi connectivity index (χ2v) is 9.26. The third kappa shape index (κ3) is 5.77. The molecule has 1 aromatic carbocycles. The van der Waals surface area contributed by atoms with E-state index in [9.17, 15) is 14.7 Å². The van der Waals surface area contributed by atoms with Crippen molar-refractivity contribution in [1.29, 1.82) is 0 Å². The summed E-state index contributed by atoms with van der Waals surface area (Å²) >= 11 is 1.62. The Morgan fingerprint density at radius 2 is 1.90 bits per heavy atom. The largest absolute Gasteiger partial charge is 0.481 e. The molecule has 3 rings (SSSR count). The summed E-state index contributed by atoms with van der Waals surface area (Å²) < 4.78 is 1.17. The van der Waals surface area contributed by atoms with Crippen LogP contribution in [0.5, 0.6) is 0 Å². The summed E-state index contributed by atoms with van der Waals surface area (Å²) in [5, 5.41) is 20.5. The van der Waals surface area contributed by atoms with E-state index in [-0.39, 0.29) is 24.0 Å². The van der Waals surface area contributed by atoms with Gasteiger partial charge >= 0.3 is 5.97 Å². The number of unbranched alkanes of at least 4 members (excludes halogenated alkanes) is 3. The zero-order valence-electron chi connectivity index (χ0n) is 16.8. The van der Waals surface area contributed by atoms with Crippen molar-refractivity contribution in [2.45, 2.75) is 63.9 Å². The van der Waals surface area contributed by atoms with E-state index >= 15 is 0 Å². The quantitative estimate of drug-likeness (QED) is 0.354. The number of ketones is 1. The third-order valence-electron chi connectivity index (χ3n) is 6.00. The molecule has 2 aromatic rings. The molecular weight excluding hydrogens is 384 g/mol. The van der Waals surface area contributed by atoms with E-state index in [0.717, 1.165) is 41.5 Å². The first-order chi connectivity index (χ1) is 14.0. The molecule has 156 valence electrons. The van der Waals surface area contributed by atoms with Crippen LogP contribution < -0.4 is 0 Å². The first-order valence-corrected chi connectivity index (χ1v) is 11.4. The number of benzene rings is 1. The lowest BCUT2D eigenvalue weighted by Gasteiger charge is -2.20. The lowest BCUT2D eigenvalue weighted by molar-refractivity contribution is -0.137. The van der Waals surface area contributed by atoms with Gasteiger partial charge in [0.25, 0.3) is 0 Å². The second-order valence-electron chi connectivity index (χ2n) is 8.14. The normalized spacial score (nSPS) is 20.4. The van der Waals surface area contributed by atoms with Crippen LogP contribution in [0, 0.1) is 11.8 Å². The standard InChI is InChI=1S/C24H30O4S/c1-16-14-21(26)19(18(16)9-4-2-3-5-11-24(27)28)12-13-20(25)23-15-17-8-6-7-10-22(17)29-23/h6-8,10,15,18-20,25H,1-5,9,11-14H2,(H,27,28)/t18-,19+,20?/m0/s1. The van der Waals surface area contributed by atoms with Crippen LogP contribution >= 0.6 is 11.3 Å². The summed E-state index contributed by atoms with van der Waals surface area (Å²) in [6, 6.07) is 10.2. The number of thiophene rings is 1. The summed E-state index contributed by atoms with van der Waals surface area (Å²) in [5.74, 6) is -0.312. The fourth-order valence-corrected chi connectivity index (χ4v) is 5.49. The maximum Gasteiger partial charge on any atom is 0.303 e. The maximum atomic E-state index is 12.5. The van der Waals surface area contributed by atoms with Gasteiger partial charge in [0.1, 0.15) is 5.78 Å². The van der Waals surface area contributed by atoms with Crippen molar-refractivity contribution in [2.24, 2.45) is 11.8 Å². The molecule has 0 amide bonds. The fraction of sp³-hybridized carbons (Fsp3) is 0.500. The van der Waals surface area contributed by atoms with Gasteiger partial charge in [-0.1, -0.05) is 49.6 Å². The van der Waals surface area contributed by atoms with Crippen molar-refractivity contribution < 1.29 is 19.8 Å². The number of carboxylic acid groups (broad SMARTS) is 1. The smallest absolute Gasteiger partial charge is 0.303 e. The van der Waals surface area contributed by atoms with Gasteiger partial charge in [-0.3, -0.25) is 9.59 Å². The maximum absolute atomic E-state index is 12.5. The van der Waals surface area contributed by atoms with Crippen molar-refractivity contribution in [3.8, 4) is 0 Å². The number of aliphatic carboxylic acids is 1. The molecule has 2 N–H and O–H groups in total. The molecule has 1 heterocycles. The molecule has 0 saturated heterocycles. The number of hydrogen-bond donors (Lipinski definition) is 2. The Kier molecular flexibility index (Phi) is 7.62. The van der Waals surface area contributed by atoms with Gasteiger partial charge in [0.05, 0.1) is 6.10 Å². The van der Waals surface area contributed by atoms with Crippen LogP contribution in [-0.4, -0.2) is 22.0 Å². The van der Waals surface area contributed by atoms with Gasteiger partial charge < -0.3 is 10.2 Å². The van der Waals surface area contributed by atoms with Crippen molar-refractivity contribution in [3.05, 3.63) is 47.4 Å². The minimum Gasteiger partial charge on any atom is -0.481 e. The molecule has 4 nitrogen and oxygen atoms in total. The summed E-state index contributed by atoms with van der Waals surface area (Å²) in [5.41, 5.74) is 1.03. The summed E-state index contributed by atoms with van der Waals surface area (Å²) in [6.07, 6.45) is 5.98. The number of aliphatic hydroxyl groups is 1. The van der Waals surface area contributed by atoms with Crippen molar-refractivity contribution >= 4 is 33.2 Å². The highest BCUT2D eigenvalue weighted by molar-refractivity contribution is 7.19. The van der Waals surface area contributed by atoms with E-state index in [4.69, 9.17) is 5.11 Å². The molecule has 1 aliphatic rings. The van der Waals surface area contributed by atoms with Crippen molar-refractivity contribution in [3.63, 3.8) is 0 Å². The number of rotatable bonds is 11. The minimum absolute atomic E-state index is 0.0365. The molecule has 5 heteroatoms. The van der Waals surface area contributed by atoms with Gasteiger partial charge in [-0.25, -0.2) is 0 Å². The first kappa shape index (κ1) is 21.7. The van der Waals surface area contributed by atoms with Crippen molar-refractivity contribution in [2.75, 3.05) is 0 Å². The Morgan fingerprint density at radius 1 is 1.14 bits per heavy atom. The average molecular weight is 415 g/mol. The van der Waals surface area contributed by atoms with Crippen LogP contribution in [0.4, 0.5) is 0 Å². The number of allylic oxidation sites excluding steroid dienone is 1. The van der Waals surface area contributed by atoms with Crippen molar-refractivity contribution in [1.82, 2.24) is 0 Å². The van der Waals surface area contributed by atoms with Gasteiger partial charge in [-0.2, -0.15) is 0 Å². The number of Topliss-reactive ketones (excluding diaryl/α,β-unsaturated/α-hetero) is 1. The number of fused-ring (bicyclic) bond motifs is 1. The number of aliphatic hydroxyl groups excluding tert-OH is 1. The van der Waals surface area contributed by atoms with Gasteiger partial charge in [0, 0.05) is 28.3 Å². The molecule has 3 atom stereocenters. The fourth-order valence-electron chi connectivity index (χ4n) is 4.40. The Balaban J connectivity index is 1.50. The van der Waals surface area contributed by atoms with E-state index in [0.29, 0.717) is 25.7 Å². The van der Waals surface area contributed by atoms with E-state index in [1.807, 2.05) is 12.1 Å². The van der Waals surface area contributed by atoms with Gasteiger partial charge in [-0.05, 0) is 49.1 Å². The Morgan fingerprint density at radius 3 is 2.66 bits per heavy atom. The van der Waals surface area contributed by atoms with Crippen LogP contribution in [0.1, 0.15) is 68.8 Å². The average Bonchev–Trinajstić information content (AvgIpc) is 3.23. The van der Waals surface area contributed by atoms with Gasteiger partial charge in [-0.15, -0.1) is 11.3 Å². The van der Waals surface area contributed by atoms with Gasteiger partial charge in [0.15, 0.2) is 0 Å². The number of carbonyl (C=O) groups excluding carboxylic acids is 1. The molecule has 0 aliphatic heterocycles. The molecule has 1 fully saturated rings. The predicted molar refractivity (Wildman–Crippen MR) is 117 cm³/mol. The zero-order valence-corrected chi connectivity index (χ0v) is 17.6. The van der Waals surface area contributed by atoms with Crippen LogP contribution in [0.2, 0.25) is 0 Å². The number of hydrogen-bond acceptors (Lipinski definition) is 4. The molecule has 1 aliphatic carbocycles. The highest BCUT2D eigenvalue weighted by Crippen LogP contribution is 2.41. The summed E-state index contributed by atoms with van der Waals surface area (Å²) in [7, 11) is 0. The summed E-state index contributed by atoms with van der Waals surface area (Å²) in [6.45, 7) is 4.13. The van der Waals surface area contributed by atoms with Crippen LogP contribution in [-0.2, 0) is 9.59 Å². The Hall–Kier alpha value is -1.98. The first-order valence-electron chi connectivity index (χ1n) is 10.5. The molecular formula is C24H30O4S. The van der Waals surface area contributed by atoms with Crippen LogP contribution in [0.3, 0.4) is 0 Å². The zero-order chi connectivity index (χ0) is 20.8. The Bertz CT molecular complexity index is 836. The molecule has 1 saturated carbocycles. The van der Waals surface area contributed by atoms with E-state index in [1.165, 1.54) is 4.70 Å². The number of carboxylic acids is 1. The van der Waals surface area contributed by atoms with E-state index < -0.39 is 12.1 Å². The number of carbonyl (C=O) groups is 2. The lowest BCUT2D eigenvalue weighted by atomic mass is 9.84. The molecule has 0 spiro atoms. The highest BCUT2D eigenvalue weighted by Gasteiger charge is 2.36. The third-order valence-corrected chi connectivity index (χ3v) is 7.22. The SMILES string of the molecule is C=C1CC(=O)[C@H](CCC(O)c2cc3ccccc3s2)[C@H]1CCCCCCC(=O)O. The van der Waals surface area contributed by atoms with Gasteiger partial charge in [0.2, 0.25) is 0 Å². The highest BCUT2D eigenvalue weighted by atomic mass is 32.1. The molecule has 0 radical (unpaired) electrons. The molecule has 29 heavy (non-hydrogen) atoms. The molecule has 1 aromatic heterocycles. The van der Waals surface area contributed by atoms with E-state index in [2.05, 4.69) is 24.8 Å². The summed E-state index contributed by atoms with van der Waals surface area (Å²) in [4.78, 5) is 24.0. The Labute approximate surface area is 176 Å². The topological polar surface area (TPSA) is 74.6 Å². The lowest BCUT2D eigenvalue weighted by Crippen LogP contribution is -2.16. The van der Waals surface area contributed by atoms with E-state index in [1.54, 1.807) is 11.3 Å². The minimum atomic E-state index is -0.739.